The maximum Gasteiger partial charge on any atom is 0.139 e. The second-order valence-corrected chi connectivity index (χ2v) is 14.3. The van der Waals surface area contributed by atoms with Crippen LogP contribution in [0.25, 0.3) is 27.4 Å². The number of pyridine rings is 1. The molecule has 6 aliphatic rings. The van der Waals surface area contributed by atoms with Crippen LogP contribution in [0.1, 0.15) is 76.3 Å². The largest absolute Gasteiger partial charge is 0.506 e. The predicted molar refractivity (Wildman–Crippen MR) is 168 cm³/mol. The highest BCUT2D eigenvalue weighted by molar-refractivity contribution is 6.11. The third kappa shape index (κ3) is 3.71. The van der Waals surface area contributed by atoms with Gasteiger partial charge in [-0.25, -0.2) is 0 Å². The minimum absolute atomic E-state index is 0.0454. The standard InChI is InChI=1S/C36H42N4O3/c41-24-9-8-19-40-33-34-22-36(40,16-12-24)43-35(33)15-5-3-1-2-4-6-18-39(23-34)20-14-28(34)27(21-35)31-32-26(13-17-37-31)25-10-7-11-29(42)30(25)38-32/h1,3,7,10-11,13,17,21,28,33,38,42H,2,4-6,8-9,12,14-16,18-20,22-23H2/b3-1-/t28-,33+,34-,35-,36-/m1/s1. The Morgan fingerprint density at radius 1 is 0.977 bits per heavy atom. The number of H-pyrrole nitrogens is 1. The first-order valence-electron chi connectivity index (χ1n) is 16.7. The first kappa shape index (κ1) is 26.4. The van der Waals surface area contributed by atoms with Gasteiger partial charge in [0.2, 0.25) is 0 Å². The van der Waals surface area contributed by atoms with Crippen molar-refractivity contribution in [3.63, 3.8) is 0 Å². The summed E-state index contributed by atoms with van der Waals surface area (Å²) in [4.78, 5) is 27.0. The van der Waals surface area contributed by atoms with Crippen LogP contribution in [0.3, 0.4) is 0 Å². The van der Waals surface area contributed by atoms with Crippen molar-refractivity contribution in [2.24, 2.45) is 11.3 Å². The van der Waals surface area contributed by atoms with Gasteiger partial charge in [0.15, 0.2) is 0 Å². The summed E-state index contributed by atoms with van der Waals surface area (Å²) in [6.45, 7) is 4.30. The second-order valence-electron chi connectivity index (χ2n) is 14.3. The monoisotopic (exact) mass is 578 g/mol. The van der Waals surface area contributed by atoms with E-state index in [2.05, 4.69) is 45.1 Å². The minimum atomic E-state index is -0.420. The number of hydrogen-bond donors (Lipinski definition) is 2. The quantitative estimate of drug-likeness (QED) is 0.329. The van der Waals surface area contributed by atoms with Gasteiger partial charge in [-0.05, 0) is 101 Å². The van der Waals surface area contributed by atoms with E-state index in [-0.39, 0.29) is 16.9 Å². The van der Waals surface area contributed by atoms with Gasteiger partial charge in [-0.3, -0.25) is 14.7 Å². The number of para-hydroxylation sites is 1. The smallest absolute Gasteiger partial charge is 0.139 e. The maximum absolute atomic E-state index is 12.8. The minimum Gasteiger partial charge on any atom is -0.506 e. The number of carbonyl (C=O) groups excluding carboxylic acids is 1. The van der Waals surface area contributed by atoms with Gasteiger partial charge in [-0.1, -0.05) is 24.3 Å². The van der Waals surface area contributed by atoms with Gasteiger partial charge in [-0.2, -0.15) is 0 Å². The average Bonchev–Trinajstić information content (AvgIpc) is 3.59. The van der Waals surface area contributed by atoms with Crippen LogP contribution >= 0.6 is 0 Å². The van der Waals surface area contributed by atoms with Crippen molar-refractivity contribution in [2.45, 2.75) is 88.0 Å². The van der Waals surface area contributed by atoms with Crippen molar-refractivity contribution < 1.29 is 14.6 Å². The fourth-order valence-electron chi connectivity index (χ4n) is 10.5. The van der Waals surface area contributed by atoms with Gasteiger partial charge in [0, 0.05) is 48.3 Å². The van der Waals surface area contributed by atoms with Gasteiger partial charge in [-0.15, -0.1) is 0 Å². The van der Waals surface area contributed by atoms with E-state index in [1.807, 2.05) is 12.3 Å². The number of hydrogen-bond acceptors (Lipinski definition) is 6. The molecule has 5 bridgehead atoms. The molecule has 7 nitrogen and oxygen atoms in total. The van der Waals surface area contributed by atoms with E-state index in [0.29, 0.717) is 30.6 Å². The summed E-state index contributed by atoms with van der Waals surface area (Å²) in [7, 11) is 0. The lowest BCUT2D eigenvalue weighted by atomic mass is 9.53. The van der Waals surface area contributed by atoms with Gasteiger partial charge in [0.05, 0.1) is 22.8 Å². The Balaban J connectivity index is 1.28. The van der Waals surface area contributed by atoms with Crippen molar-refractivity contribution in [1.29, 1.82) is 0 Å². The molecule has 0 amide bonds. The fraction of sp³-hybridized carbons (Fsp3) is 0.556. The number of Topliss-reactive ketones (excluding diaryl/α,β-unsaturated/α-hetero) is 1. The fourth-order valence-corrected chi connectivity index (χ4v) is 10.5. The van der Waals surface area contributed by atoms with Crippen molar-refractivity contribution in [1.82, 2.24) is 19.8 Å². The van der Waals surface area contributed by atoms with Crippen molar-refractivity contribution in [3.05, 3.63) is 54.4 Å². The molecule has 7 heterocycles. The zero-order valence-electron chi connectivity index (χ0n) is 25.0. The Kier molecular flexibility index (Phi) is 5.83. The Bertz CT molecular complexity index is 1690. The Morgan fingerprint density at radius 2 is 1.88 bits per heavy atom. The molecule has 0 saturated carbocycles. The van der Waals surface area contributed by atoms with E-state index in [1.54, 1.807) is 6.07 Å². The number of nitrogens with zero attached hydrogens (tertiary/aromatic N) is 3. The molecule has 5 aliphatic heterocycles. The lowest BCUT2D eigenvalue weighted by Crippen LogP contribution is -2.65. The number of benzene rings is 1. The van der Waals surface area contributed by atoms with E-state index in [9.17, 15) is 9.90 Å². The topological polar surface area (TPSA) is 81.7 Å². The molecule has 1 aliphatic carbocycles. The van der Waals surface area contributed by atoms with Gasteiger partial charge in [0.25, 0.3) is 0 Å². The molecule has 224 valence electrons. The molecule has 1 spiro atoms. The molecular formula is C36H42N4O3. The molecule has 9 rings (SSSR count). The number of carbonyl (C=O) groups is 1. The highest BCUT2D eigenvalue weighted by Gasteiger charge is 2.77. The van der Waals surface area contributed by atoms with Crippen molar-refractivity contribution in [3.8, 4) is 5.75 Å². The highest BCUT2D eigenvalue weighted by Crippen LogP contribution is 2.70. The first-order chi connectivity index (χ1) is 21.0. The number of piperidine rings is 1. The summed E-state index contributed by atoms with van der Waals surface area (Å²) in [6, 6.07) is 8.14. The third-order valence-electron chi connectivity index (χ3n) is 12.0. The molecule has 4 saturated heterocycles. The number of aromatic amines is 1. The molecule has 4 fully saturated rings. The number of ether oxygens (including phenoxy) is 1. The molecule has 1 aromatic carbocycles. The molecule has 2 N–H and O–H groups in total. The number of aromatic hydroxyl groups is 1. The highest BCUT2D eigenvalue weighted by atomic mass is 16.6. The van der Waals surface area contributed by atoms with Gasteiger partial charge < -0.3 is 19.7 Å². The number of aromatic nitrogens is 2. The molecule has 3 aromatic rings. The molecule has 6 atom stereocenters. The summed E-state index contributed by atoms with van der Waals surface area (Å²) >= 11 is 0. The molecular weight excluding hydrogens is 536 g/mol. The summed E-state index contributed by atoms with van der Waals surface area (Å²) in [5.74, 6) is 1.04. The normalized spacial score (nSPS) is 38.6. The zero-order chi connectivity index (χ0) is 28.8. The molecule has 2 aromatic heterocycles. The number of ketones is 1. The number of phenols is 1. The zero-order valence-corrected chi connectivity index (χ0v) is 25.0. The number of nitrogens with one attached hydrogen (secondary N) is 1. The van der Waals surface area contributed by atoms with Crippen LogP contribution in [0, 0.1) is 11.3 Å². The van der Waals surface area contributed by atoms with Gasteiger partial charge in [0.1, 0.15) is 22.9 Å². The molecule has 1 unspecified atom stereocenters. The van der Waals surface area contributed by atoms with Crippen LogP contribution in [0.4, 0.5) is 0 Å². The van der Waals surface area contributed by atoms with E-state index in [4.69, 9.17) is 9.72 Å². The van der Waals surface area contributed by atoms with Crippen LogP contribution in [-0.2, 0) is 9.53 Å². The van der Waals surface area contributed by atoms with Crippen molar-refractivity contribution >= 4 is 33.2 Å². The van der Waals surface area contributed by atoms with E-state index < -0.39 is 5.60 Å². The Hall–Kier alpha value is -3.00. The first-order valence-corrected chi connectivity index (χ1v) is 16.7. The number of phenolic OH excluding ortho intramolecular Hbond substituents is 1. The number of fused-ring (bicyclic) bond motifs is 4. The molecule has 7 heteroatoms. The van der Waals surface area contributed by atoms with E-state index in [1.165, 1.54) is 18.4 Å². The Morgan fingerprint density at radius 3 is 2.84 bits per heavy atom. The summed E-state index contributed by atoms with van der Waals surface area (Å²) in [5, 5.41) is 12.9. The second kappa shape index (κ2) is 9.50. The van der Waals surface area contributed by atoms with Gasteiger partial charge >= 0.3 is 0 Å². The van der Waals surface area contributed by atoms with E-state index >= 15 is 0 Å². The SMILES string of the molecule is O=C1CCCN2[C@H]3[C@]45CN6CCCC/C=C\CC[C@]3(C=C(c3nccc7c3[nH]c3c(O)cccc37)[C@H]4CC6)O[C@]2(CC1)C5. The lowest BCUT2D eigenvalue weighted by Gasteiger charge is -2.59. The average molecular weight is 579 g/mol. The van der Waals surface area contributed by atoms with Crippen LogP contribution < -0.4 is 0 Å². The van der Waals surface area contributed by atoms with E-state index in [0.717, 1.165) is 98.6 Å². The number of allylic oxidation sites excluding steroid dienone is 3. The van der Waals surface area contributed by atoms with Crippen LogP contribution in [0.2, 0.25) is 0 Å². The molecule has 43 heavy (non-hydrogen) atoms. The number of rotatable bonds is 1. The van der Waals surface area contributed by atoms with Crippen molar-refractivity contribution in [2.75, 3.05) is 26.2 Å². The van der Waals surface area contributed by atoms with Crippen LogP contribution in [0.15, 0.2) is 48.7 Å². The summed E-state index contributed by atoms with van der Waals surface area (Å²) < 4.78 is 7.51. The van der Waals surface area contributed by atoms with Crippen LogP contribution in [-0.4, -0.2) is 74.2 Å². The predicted octanol–water partition coefficient (Wildman–Crippen LogP) is 6.33. The third-order valence-corrected chi connectivity index (χ3v) is 12.0. The Labute approximate surface area is 253 Å². The molecule has 0 radical (unpaired) electrons. The lowest BCUT2D eigenvalue weighted by molar-refractivity contribution is -0.180. The van der Waals surface area contributed by atoms with Crippen LogP contribution in [0.5, 0.6) is 5.75 Å². The maximum atomic E-state index is 12.8. The summed E-state index contributed by atoms with van der Waals surface area (Å²) in [6.07, 6.45) is 20.0. The summed E-state index contributed by atoms with van der Waals surface area (Å²) in [5.41, 5.74) is 3.40.